The molecule has 0 aromatic rings. The van der Waals surface area contributed by atoms with Gasteiger partial charge in [0.15, 0.2) is 23.3 Å². The van der Waals surface area contributed by atoms with E-state index in [0.717, 1.165) is 27.7 Å². The molecule has 11 nitrogen and oxygen atoms in total. The average Bonchev–Trinajstić information content (AvgIpc) is 2.58. The Morgan fingerprint density at radius 1 is 0.966 bits per heavy atom. The second-order valence-corrected chi connectivity index (χ2v) is 7.67. The van der Waals surface area contributed by atoms with E-state index in [2.05, 4.69) is 0 Å². The maximum absolute atomic E-state index is 12.4. The second-order valence-electron chi connectivity index (χ2n) is 6.50. The van der Waals surface area contributed by atoms with Crippen molar-refractivity contribution in [1.82, 2.24) is 0 Å². The zero-order valence-electron chi connectivity index (χ0n) is 16.4. The SMILES string of the molecule is CC(=O)OC[C@H]1O[C@@H](SCCC(=O)O)[C@@](O)(C(C)=O)[C@](O)(C(C)=O)[C@H]1OC(C)=O. The zero-order valence-corrected chi connectivity index (χ0v) is 17.2. The molecule has 1 saturated heterocycles. The number of carbonyl (C=O) groups is 5. The van der Waals surface area contributed by atoms with Gasteiger partial charge in [0, 0.05) is 19.6 Å². The minimum Gasteiger partial charge on any atom is -0.481 e. The molecule has 1 aliphatic heterocycles. The lowest BCUT2D eigenvalue weighted by molar-refractivity contribution is -0.282. The molecule has 1 fully saturated rings. The number of hydrogen-bond donors (Lipinski definition) is 3. The first kappa shape index (κ1) is 25.0. The molecular weight excluding hydrogens is 412 g/mol. The summed E-state index contributed by atoms with van der Waals surface area (Å²) in [6.07, 6.45) is -3.65. The van der Waals surface area contributed by atoms with Gasteiger partial charge in [-0.15, -0.1) is 11.8 Å². The van der Waals surface area contributed by atoms with E-state index in [0.29, 0.717) is 11.8 Å². The summed E-state index contributed by atoms with van der Waals surface area (Å²) in [5, 5.41) is 31.2. The number of ketones is 2. The Hall–Kier alpha value is -2.02. The molecule has 0 aliphatic carbocycles. The number of hydrogen-bond acceptors (Lipinski definition) is 11. The van der Waals surface area contributed by atoms with Crippen LogP contribution in [0.25, 0.3) is 0 Å². The first-order valence-electron chi connectivity index (χ1n) is 8.54. The van der Waals surface area contributed by atoms with Crippen LogP contribution in [0.2, 0.25) is 0 Å². The number of carbonyl (C=O) groups excluding carboxylic acids is 4. The van der Waals surface area contributed by atoms with Gasteiger partial charge in [-0.3, -0.25) is 24.0 Å². The molecule has 164 valence electrons. The predicted molar refractivity (Wildman–Crippen MR) is 96.8 cm³/mol. The van der Waals surface area contributed by atoms with Gasteiger partial charge in [0.05, 0.1) is 6.42 Å². The highest BCUT2D eigenvalue weighted by molar-refractivity contribution is 7.99. The summed E-state index contributed by atoms with van der Waals surface area (Å²) in [5.41, 5.74) is -7.41. The molecule has 0 aromatic carbocycles. The summed E-state index contributed by atoms with van der Waals surface area (Å²) in [7, 11) is 0. The fraction of sp³-hybridized carbons (Fsp3) is 0.706. The lowest BCUT2D eigenvalue weighted by atomic mass is 9.70. The quantitative estimate of drug-likeness (QED) is 0.379. The van der Waals surface area contributed by atoms with Crippen molar-refractivity contribution in [2.75, 3.05) is 12.4 Å². The highest BCUT2D eigenvalue weighted by atomic mass is 32.2. The Labute approximate surface area is 170 Å². The van der Waals surface area contributed by atoms with E-state index >= 15 is 0 Å². The average molecular weight is 436 g/mol. The number of esters is 2. The van der Waals surface area contributed by atoms with Crippen LogP contribution in [0, 0.1) is 0 Å². The Balaban J connectivity index is 3.49. The lowest BCUT2D eigenvalue weighted by Crippen LogP contribution is -2.79. The van der Waals surface area contributed by atoms with E-state index in [1.807, 2.05) is 0 Å². The van der Waals surface area contributed by atoms with Gasteiger partial charge in [-0.1, -0.05) is 0 Å². The molecule has 3 N–H and O–H groups in total. The maximum atomic E-state index is 12.4. The first-order chi connectivity index (χ1) is 13.3. The predicted octanol–water partition coefficient (Wildman–Crippen LogP) is -0.946. The Bertz CT molecular complexity index is 693. The molecule has 0 amide bonds. The van der Waals surface area contributed by atoms with E-state index in [4.69, 9.17) is 19.3 Å². The number of rotatable bonds is 9. The number of carboxylic acids is 1. The smallest absolute Gasteiger partial charge is 0.304 e. The van der Waals surface area contributed by atoms with Crippen LogP contribution in [0.4, 0.5) is 0 Å². The Morgan fingerprint density at radius 2 is 1.52 bits per heavy atom. The molecule has 0 aromatic heterocycles. The molecule has 29 heavy (non-hydrogen) atoms. The van der Waals surface area contributed by atoms with Crippen molar-refractivity contribution in [3.8, 4) is 0 Å². The van der Waals surface area contributed by atoms with Crippen molar-refractivity contribution in [3.63, 3.8) is 0 Å². The van der Waals surface area contributed by atoms with Gasteiger partial charge in [0.25, 0.3) is 0 Å². The van der Waals surface area contributed by atoms with Gasteiger partial charge in [-0.2, -0.15) is 0 Å². The van der Waals surface area contributed by atoms with Crippen LogP contribution in [0.5, 0.6) is 0 Å². The molecule has 5 atom stereocenters. The fourth-order valence-corrected chi connectivity index (χ4v) is 4.29. The molecule has 0 bridgehead atoms. The third-order valence-corrected chi connectivity index (χ3v) is 5.57. The molecule has 1 heterocycles. The minimum absolute atomic E-state index is 0.137. The molecule has 1 rings (SSSR count). The van der Waals surface area contributed by atoms with Crippen LogP contribution in [-0.2, 0) is 38.2 Å². The van der Waals surface area contributed by atoms with Crippen LogP contribution in [0.15, 0.2) is 0 Å². The summed E-state index contributed by atoms with van der Waals surface area (Å²) in [6.45, 7) is 3.29. The molecule has 0 saturated carbocycles. The fourth-order valence-electron chi connectivity index (χ4n) is 2.98. The van der Waals surface area contributed by atoms with Crippen molar-refractivity contribution in [2.45, 2.75) is 63.0 Å². The largest absolute Gasteiger partial charge is 0.481 e. The highest BCUT2D eigenvalue weighted by Crippen LogP contribution is 2.45. The summed E-state index contributed by atoms with van der Waals surface area (Å²) in [5.74, 6) is -5.14. The van der Waals surface area contributed by atoms with Crippen molar-refractivity contribution < 1.29 is 53.5 Å². The van der Waals surface area contributed by atoms with Crippen molar-refractivity contribution in [1.29, 1.82) is 0 Å². The molecule has 12 heteroatoms. The van der Waals surface area contributed by atoms with Crippen molar-refractivity contribution >= 4 is 41.2 Å². The van der Waals surface area contributed by atoms with Gasteiger partial charge < -0.3 is 29.5 Å². The Kier molecular flexibility index (Phi) is 8.33. The Morgan fingerprint density at radius 3 is 1.93 bits per heavy atom. The summed E-state index contributed by atoms with van der Waals surface area (Å²) in [6, 6.07) is 0. The van der Waals surface area contributed by atoms with E-state index in [9.17, 15) is 34.2 Å². The molecule has 0 spiro atoms. The third-order valence-electron chi connectivity index (χ3n) is 4.37. The topological polar surface area (TPSA) is 174 Å². The first-order valence-corrected chi connectivity index (χ1v) is 9.59. The van der Waals surface area contributed by atoms with Gasteiger partial charge in [0.1, 0.15) is 18.1 Å². The third kappa shape index (κ3) is 5.13. The number of carboxylic acid groups (broad SMARTS) is 1. The summed E-state index contributed by atoms with van der Waals surface area (Å²) >= 11 is 0.673. The van der Waals surface area contributed by atoms with Gasteiger partial charge >= 0.3 is 17.9 Å². The van der Waals surface area contributed by atoms with Gasteiger partial charge in [-0.25, -0.2) is 0 Å². The molecule has 0 radical (unpaired) electrons. The highest BCUT2D eigenvalue weighted by Gasteiger charge is 2.71. The van der Waals surface area contributed by atoms with E-state index in [1.165, 1.54) is 0 Å². The van der Waals surface area contributed by atoms with Crippen LogP contribution in [-0.4, -0.2) is 86.0 Å². The van der Waals surface area contributed by atoms with Crippen LogP contribution < -0.4 is 0 Å². The second kappa shape index (κ2) is 9.65. The zero-order chi connectivity index (χ0) is 22.6. The molecular formula is C17H24O11S. The van der Waals surface area contributed by atoms with Crippen LogP contribution in [0.1, 0.15) is 34.1 Å². The number of aliphatic hydroxyl groups is 2. The van der Waals surface area contributed by atoms with E-state index in [-0.39, 0.29) is 12.2 Å². The normalized spacial score (nSPS) is 31.6. The van der Waals surface area contributed by atoms with Crippen LogP contribution >= 0.6 is 11.8 Å². The number of aliphatic carboxylic acids is 1. The van der Waals surface area contributed by atoms with Crippen molar-refractivity contribution in [3.05, 3.63) is 0 Å². The molecule has 0 unspecified atom stereocenters. The minimum atomic E-state index is -2.94. The number of Topliss-reactive ketones (excluding diaryl/α,β-unsaturated/α-hetero) is 2. The standard InChI is InChI=1S/C17H24O11S/c1-8(18)16(24)14(27-11(4)21)12(7-26-10(3)20)28-15(17(16,25)9(2)19)29-6-5-13(22)23/h12,14-15,24-25H,5-7H2,1-4H3,(H,22,23)/t12-,14+,15+,16+,17+/m1/s1. The number of thioether (sulfide) groups is 1. The maximum Gasteiger partial charge on any atom is 0.304 e. The van der Waals surface area contributed by atoms with E-state index in [1.54, 1.807) is 0 Å². The summed E-state index contributed by atoms with van der Waals surface area (Å²) in [4.78, 5) is 58.3. The number of ether oxygens (including phenoxy) is 3. The molecule has 1 aliphatic rings. The van der Waals surface area contributed by atoms with Crippen LogP contribution in [0.3, 0.4) is 0 Å². The van der Waals surface area contributed by atoms with Crippen molar-refractivity contribution in [2.24, 2.45) is 0 Å². The monoisotopic (exact) mass is 436 g/mol. The van der Waals surface area contributed by atoms with Gasteiger partial charge in [-0.05, 0) is 13.8 Å². The van der Waals surface area contributed by atoms with Gasteiger partial charge in [0.2, 0.25) is 5.60 Å². The lowest BCUT2D eigenvalue weighted by Gasteiger charge is -2.53. The summed E-state index contributed by atoms with van der Waals surface area (Å²) < 4.78 is 15.4. The van der Waals surface area contributed by atoms with E-state index < -0.39 is 64.9 Å².